The molecule has 78 valence electrons. The van der Waals surface area contributed by atoms with Crippen molar-refractivity contribution in [3.63, 3.8) is 0 Å². The van der Waals surface area contributed by atoms with E-state index in [2.05, 4.69) is 28.8 Å². The highest BCUT2D eigenvalue weighted by Gasteiger charge is 2.00. The van der Waals surface area contributed by atoms with E-state index in [0.29, 0.717) is 0 Å². The van der Waals surface area contributed by atoms with Gasteiger partial charge in [-0.25, -0.2) is 0 Å². The quantitative estimate of drug-likeness (QED) is 0.573. The fourth-order valence-corrected chi connectivity index (χ4v) is 2.32. The van der Waals surface area contributed by atoms with E-state index in [4.69, 9.17) is 5.73 Å². The maximum absolute atomic E-state index is 5.31. The largest absolute Gasteiger partial charge is 0.375 e. The normalized spacial score (nSPS) is 11.9. The van der Waals surface area contributed by atoms with Gasteiger partial charge in [-0.05, 0) is 24.4 Å². The van der Waals surface area contributed by atoms with Gasteiger partial charge in [-0.2, -0.15) is 0 Å². The van der Waals surface area contributed by atoms with Gasteiger partial charge < -0.3 is 10.3 Å². The molecule has 0 fully saturated rings. The molecule has 0 atom stereocenters. The average molecular weight is 238 g/mol. The molecule has 2 rings (SSSR count). The third-order valence-corrected chi connectivity index (χ3v) is 3.18. The first kappa shape index (κ1) is 10.1. The number of aryl methyl sites for hydroxylation is 1. The summed E-state index contributed by atoms with van der Waals surface area (Å²) in [5.41, 5.74) is 9.04. The minimum atomic E-state index is 0.174. The van der Waals surface area contributed by atoms with E-state index in [9.17, 15) is 0 Å². The number of para-hydroxylation sites is 1. The number of hydrogen-bond acceptors (Lipinski definition) is 3. The molecule has 1 aromatic heterocycles. The molecule has 0 spiro atoms. The second-order valence-electron chi connectivity index (χ2n) is 3.00. The molecule has 2 aromatic rings. The zero-order valence-electron chi connectivity index (χ0n) is 8.10. The third kappa shape index (κ3) is 2.00. The Morgan fingerprint density at radius 1 is 1.53 bits per heavy atom. The summed E-state index contributed by atoms with van der Waals surface area (Å²) in [6, 6.07) is 8.11. The molecule has 6 heteroatoms. The van der Waals surface area contributed by atoms with Crippen LogP contribution in [-0.4, -0.2) is 9.68 Å². The second kappa shape index (κ2) is 4.00. The summed E-state index contributed by atoms with van der Waals surface area (Å²) in [5, 5.41) is 4.28. The topological polar surface area (TPSA) is 55.3 Å². The summed E-state index contributed by atoms with van der Waals surface area (Å²) >= 11 is 6.27. The third-order valence-electron chi connectivity index (χ3n) is 1.98. The molecule has 0 unspecified atom stereocenters. The molecular weight excluding hydrogens is 228 g/mol. The molecule has 0 aliphatic carbocycles. The van der Waals surface area contributed by atoms with E-state index in [1.165, 1.54) is 4.70 Å². The average Bonchev–Trinajstić information content (AvgIpc) is 2.54. The van der Waals surface area contributed by atoms with Crippen LogP contribution in [0.1, 0.15) is 0 Å². The lowest BCUT2D eigenvalue weighted by atomic mass is 10.3. The lowest BCUT2D eigenvalue weighted by Gasteiger charge is -1.95. The van der Waals surface area contributed by atoms with Gasteiger partial charge in [-0.3, -0.25) is 5.43 Å². The van der Waals surface area contributed by atoms with Crippen LogP contribution in [0.2, 0.25) is 0 Å². The van der Waals surface area contributed by atoms with Gasteiger partial charge in [-0.1, -0.05) is 23.5 Å². The van der Waals surface area contributed by atoms with E-state index < -0.39 is 0 Å². The van der Waals surface area contributed by atoms with Crippen LogP contribution in [0.3, 0.4) is 0 Å². The van der Waals surface area contributed by atoms with Crippen LogP contribution < -0.4 is 16.0 Å². The van der Waals surface area contributed by atoms with Crippen LogP contribution in [0.5, 0.6) is 0 Å². The molecule has 4 nitrogen and oxygen atoms in total. The minimum Gasteiger partial charge on any atom is -0.375 e. The number of nitrogens with zero attached hydrogens (tertiary/aromatic N) is 2. The van der Waals surface area contributed by atoms with Crippen molar-refractivity contribution in [3.8, 4) is 0 Å². The highest BCUT2D eigenvalue weighted by Crippen LogP contribution is 2.14. The van der Waals surface area contributed by atoms with Crippen LogP contribution in [0, 0.1) is 0 Å². The number of aromatic nitrogens is 1. The Hall–Kier alpha value is -1.40. The summed E-state index contributed by atoms with van der Waals surface area (Å²) in [4.78, 5) is 0.837. The first-order valence-electron chi connectivity index (χ1n) is 4.32. The maximum atomic E-state index is 5.31. The van der Waals surface area contributed by atoms with Crippen molar-refractivity contribution in [1.29, 1.82) is 0 Å². The van der Waals surface area contributed by atoms with E-state index >= 15 is 0 Å². The van der Waals surface area contributed by atoms with Gasteiger partial charge in [-0.15, -0.1) is 5.10 Å². The van der Waals surface area contributed by atoms with E-state index in [0.717, 1.165) is 10.3 Å². The van der Waals surface area contributed by atoms with Crippen molar-refractivity contribution in [2.45, 2.75) is 0 Å². The highest BCUT2D eigenvalue weighted by molar-refractivity contribution is 7.80. The number of nitrogens with one attached hydrogen (secondary N) is 1. The van der Waals surface area contributed by atoms with Crippen molar-refractivity contribution in [1.82, 2.24) is 9.99 Å². The Kier molecular flexibility index (Phi) is 2.70. The van der Waals surface area contributed by atoms with Crippen LogP contribution in [0.15, 0.2) is 29.4 Å². The van der Waals surface area contributed by atoms with Crippen LogP contribution in [-0.2, 0) is 7.05 Å². The molecule has 1 aromatic carbocycles. The summed E-state index contributed by atoms with van der Waals surface area (Å²) in [6.45, 7) is 0. The second-order valence-corrected chi connectivity index (χ2v) is 4.45. The van der Waals surface area contributed by atoms with Gasteiger partial charge in [0.2, 0.25) is 4.80 Å². The summed E-state index contributed by atoms with van der Waals surface area (Å²) in [7, 11) is 1.96. The molecule has 15 heavy (non-hydrogen) atoms. The number of benzene rings is 1. The van der Waals surface area contributed by atoms with Crippen molar-refractivity contribution in [2.24, 2.45) is 17.9 Å². The Morgan fingerprint density at radius 3 is 2.93 bits per heavy atom. The SMILES string of the molecule is Cn1/c(=N/NC(N)=S)sc2ccccc21. The molecular formula is C9H10N4S2. The van der Waals surface area contributed by atoms with Gasteiger partial charge in [0.1, 0.15) is 0 Å². The molecule has 1 heterocycles. The molecule has 0 radical (unpaired) electrons. The van der Waals surface area contributed by atoms with Crippen molar-refractivity contribution >= 4 is 38.9 Å². The van der Waals surface area contributed by atoms with E-state index in [1.807, 2.05) is 29.8 Å². The summed E-state index contributed by atoms with van der Waals surface area (Å²) in [5.74, 6) is 0. The molecule has 0 amide bonds. The number of thiazole rings is 1. The van der Waals surface area contributed by atoms with E-state index in [1.54, 1.807) is 11.3 Å². The van der Waals surface area contributed by atoms with Crippen molar-refractivity contribution in [3.05, 3.63) is 29.1 Å². The smallest absolute Gasteiger partial charge is 0.209 e. The molecule has 3 N–H and O–H groups in total. The van der Waals surface area contributed by atoms with Crippen LogP contribution in [0.25, 0.3) is 10.2 Å². The maximum Gasteiger partial charge on any atom is 0.209 e. The monoisotopic (exact) mass is 238 g/mol. The zero-order chi connectivity index (χ0) is 10.8. The fourth-order valence-electron chi connectivity index (χ4n) is 1.29. The lowest BCUT2D eigenvalue weighted by molar-refractivity contribution is 0.851. The molecule has 0 saturated carbocycles. The van der Waals surface area contributed by atoms with Gasteiger partial charge in [0.05, 0.1) is 10.2 Å². The van der Waals surface area contributed by atoms with Crippen molar-refractivity contribution < 1.29 is 0 Å². The Labute approximate surface area is 96.0 Å². The summed E-state index contributed by atoms with van der Waals surface area (Å²) in [6.07, 6.45) is 0. The number of fused-ring (bicyclic) bond motifs is 1. The van der Waals surface area contributed by atoms with Gasteiger partial charge in [0.15, 0.2) is 5.11 Å². The number of hydrogen-bond donors (Lipinski definition) is 2. The minimum absolute atomic E-state index is 0.174. The first-order chi connectivity index (χ1) is 7.18. The number of rotatable bonds is 1. The molecule has 0 bridgehead atoms. The standard InChI is InChI=1S/C9H10N4S2/c1-13-6-4-2-3-5-7(6)15-9(13)12-11-8(10)14/h2-5H,1H3,(H3,10,11,14)/b12-9-. The van der Waals surface area contributed by atoms with Crippen LogP contribution >= 0.6 is 23.6 Å². The lowest BCUT2D eigenvalue weighted by Crippen LogP contribution is -2.27. The first-order valence-corrected chi connectivity index (χ1v) is 5.54. The molecule has 0 aliphatic rings. The van der Waals surface area contributed by atoms with Gasteiger partial charge in [0, 0.05) is 7.05 Å². The number of nitrogens with two attached hydrogens (primary N) is 1. The summed E-state index contributed by atoms with van der Waals surface area (Å²) < 4.78 is 3.18. The van der Waals surface area contributed by atoms with Gasteiger partial charge >= 0.3 is 0 Å². The predicted octanol–water partition coefficient (Wildman–Crippen LogP) is 0.889. The fraction of sp³-hybridized carbons (Fsp3) is 0.111. The predicted molar refractivity (Wildman–Crippen MR) is 66.3 cm³/mol. The molecule has 0 saturated heterocycles. The van der Waals surface area contributed by atoms with Crippen LogP contribution in [0.4, 0.5) is 0 Å². The van der Waals surface area contributed by atoms with Crippen molar-refractivity contribution in [2.75, 3.05) is 0 Å². The van der Waals surface area contributed by atoms with E-state index in [-0.39, 0.29) is 5.11 Å². The Morgan fingerprint density at radius 2 is 2.27 bits per heavy atom. The Bertz CT molecular complexity index is 567. The van der Waals surface area contributed by atoms with Gasteiger partial charge in [0.25, 0.3) is 0 Å². The highest BCUT2D eigenvalue weighted by atomic mass is 32.1. The Balaban J connectivity index is 2.58. The zero-order valence-corrected chi connectivity index (χ0v) is 9.73. The number of thiocarbonyl (C=S) groups is 1. The molecule has 0 aliphatic heterocycles.